The Morgan fingerprint density at radius 2 is 2.05 bits per heavy atom. The zero-order valence-corrected chi connectivity index (χ0v) is 12.0. The Hall–Kier alpha value is -1.44. The summed E-state index contributed by atoms with van der Waals surface area (Å²) in [6.45, 7) is 5.31. The van der Waals surface area contributed by atoms with Crippen LogP contribution in [-0.4, -0.2) is 27.0 Å². The molecule has 3 N–H and O–H groups in total. The Morgan fingerprint density at radius 1 is 1.42 bits per heavy atom. The van der Waals surface area contributed by atoms with Gasteiger partial charge in [0.15, 0.2) is 0 Å². The molecule has 19 heavy (non-hydrogen) atoms. The fourth-order valence-electron chi connectivity index (χ4n) is 1.38. The molecule has 0 unspecified atom stereocenters. The Morgan fingerprint density at radius 3 is 2.53 bits per heavy atom. The van der Waals surface area contributed by atoms with Crippen molar-refractivity contribution in [3.8, 4) is 0 Å². The first-order valence-corrected chi connectivity index (χ1v) is 7.29. The van der Waals surface area contributed by atoms with Gasteiger partial charge in [0, 0.05) is 5.69 Å². The molecule has 1 aromatic rings. The zero-order valence-electron chi connectivity index (χ0n) is 11.1. The fraction of sp³-hybridized carbons (Fsp3) is 0.417. The van der Waals surface area contributed by atoms with Crippen LogP contribution in [0.5, 0.6) is 0 Å². The number of sulfonamides is 1. The van der Waals surface area contributed by atoms with Gasteiger partial charge in [-0.1, -0.05) is 0 Å². The first-order chi connectivity index (χ1) is 8.70. The molecule has 0 spiro atoms. The number of nitrogens with one attached hydrogen (secondary N) is 1. The quantitative estimate of drug-likeness (QED) is 0.843. The number of primary sulfonamides is 1. The van der Waals surface area contributed by atoms with E-state index in [1.807, 2.05) is 13.8 Å². The van der Waals surface area contributed by atoms with Crippen LogP contribution in [-0.2, 0) is 19.6 Å². The van der Waals surface area contributed by atoms with E-state index in [9.17, 15) is 13.2 Å². The predicted molar refractivity (Wildman–Crippen MR) is 72.3 cm³/mol. The van der Waals surface area contributed by atoms with Crippen molar-refractivity contribution in [3.63, 3.8) is 0 Å². The van der Waals surface area contributed by atoms with Crippen molar-refractivity contribution in [2.24, 2.45) is 5.14 Å². The van der Waals surface area contributed by atoms with Crippen LogP contribution >= 0.6 is 0 Å². The first-order valence-electron chi connectivity index (χ1n) is 5.75. The van der Waals surface area contributed by atoms with Crippen LogP contribution in [0.15, 0.2) is 23.1 Å². The molecule has 7 heteroatoms. The molecular weight excluding hydrogens is 268 g/mol. The van der Waals surface area contributed by atoms with Crippen molar-refractivity contribution in [3.05, 3.63) is 23.8 Å². The SMILES string of the molecule is Cc1cc(S(N)(=O)=O)ccc1NC(=O)COC(C)C. The number of carbonyl (C=O) groups excluding carboxylic acids is 1. The minimum Gasteiger partial charge on any atom is -0.369 e. The number of hydrogen-bond donors (Lipinski definition) is 2. The average molecular weight is 286 g/mol. The number of ether oxygens (including phenoxy) is 1. The summed E-state index contributed by atoms with van der Waals surface area (Å²) in [6, 6.07) is 4.26. The molecule has 0 atom stereocenters. The summed E-state index contributed by atoms with van der Waals surface area (Å²) in [5, 5.41) is 7.67. The van der Waals surface area contributed by atoms with E-state index in [2.05, 4.69) is 5.32 Å². The maximum Gasteiger partial charge on any atom is 0.250 e. The topological polar surface area (TPSA) is 98.5 Å². The Kier molecular flexibility index (Phi) is 5.04. The standard InChI is InChI=1S/C12H18N2O4S/c1-8(2)18-7-12(15)14-11-5-4-10(6-9(11)3)19(13,16)17/h4-6,8H,7H2,1-3H3,(H,14,15)(H2,13,16,17). The van der Waals surface area contributed by atoms with Crippen molar-refractivity contribution in [1.82, 2.24) is 0 Å². The van der Waals surface area contributed by atoms with E-state index in [0.717, 1.165) is 0 Å². The van der Waals surface area contributed by atoms with Crippen LogP contribution in [0.1, 0.15) is 19.4 Å². The van der Waals surface area contributed by atoms with Crippen LogP contribution in [0.2, 0.25) is 0 Å². The second-order valence-electron chi connectivity index (χ2n) is 4.43. The summed E-state index contributed by atoms with van der Waals surface area (Å²) in [6.07, 6.45) is -0.0309. The van der Waals surface area contributed by atoms with Crippen LogP contribution in [0.4, 0.5) is 5.69 Å². The first kappa shape index (κ1) is 15.6. The lowest BCUT2D eigenvalue weighted by molar-refractivity contribution is -0.121. The summed E-state index contributed by atoms with van der Waals surface area (Å²) in [5.74, 6) is -0.292. The second-order valence-corrected chi connectivity index (χ2v) is 5.99. The van der Waals surface area contributed by atoms with Gasteiger partial charge in [0.05, 0.1) is 11.0 Å². The van der Waals surface area contributed by atoms with Gasteiger partial charge in [0.25, 0.3) is 0 Å². The normalized spacial score (nSPS) is 11.6. The maximum absolute atomic E-state index is 11.6. The molecule has 106 valence electrons. The highest BCUT2D eigenvalue weighted by Crippen LogP contribution is 2.18. The lowest BCUT2D eigenvalue weighted by Gasteiger charge is -2.11. The number of carbonyl (C=O) groups is 1. The van der Waals surface area contributed by atoms with E-state index in [1.165, 1.54) is 18.2 Å². The predicted octanol–water partition coefficient (Wildman–Crippen LogP) is 1.01. The van der Waals surface area contributed by atoms with E-state index in [4.69, 9.17) is 9.88 Å². The number of aryl methyl sites for hydroxylation is 1. The maximum atomic E-state index is 11.6. The highest BCUT2D eigenvalue weighted by Gasteiger charge is 2.11. The molecule has 1 rings (SSSR count). The van der Waals surface area contributed by atoms with E-state index >= 15 is 0 Å². The highest BCUT2D eigenvalue weighted by atomic mass is 32.2. The van der Waals surface area contributed by atoms with Crippen LogP contribution in [0.3, 0.4) is 0 Å². The molecule has 0 saturated heterocycles. The van der Waals surface area contributed by atoms with Crippen LogP contribution < -0.4 is 10.5 Å². The third-order valence-corrected chi connectivity index (χ3v) is 3.26. The molecule has 0 aliphatic carbocycles. The largest absolute Gasteiger partial charge is 0.369 e. The van der Waals surface area contributed by atoms with Gasteiger partial charge in [-0.25, -0.2) is 13.6 Å². The molecule has 1 amide bonds. The van der Waals surface area contributed by atoms with Gasteiger partial charge in [0.1, 0.15) is 6.61 Å². The van der Waals surface area contributed by atoms with Crippen LogP contribution in [0, 0.1) is 6.92 Å². The lowest BCUT2D eigenvalue weighted by Crippen LogP contribution is -2.21. The number of rotatable bonds is 5. The molecule has 0 radical (unpaired) electrons. The molecule has 0 heterocycles. The van der Waals surface area contributed by atoms with Crippen molar-refractivity contribution < 1.29 is 17.9 Å². The number of anilines is 1. The van der Waals surface area contributed by atoms with Crippen molar-refractivity contribution in [2.45, 2.75) is 31.8 Å². The molecule has 0 aromatic heterocycles. The van der Waals surface area contributed by atoms with Gasteiger partial charge in [-0.05, 0) is 44.5 Å². The van der Waals surface area contributed by atoms with Crippen molar-refractivity contribution >= 4 is 21.6 Å². The third kappa shape index (κ3) is 4.98. The van der Waals surface area contributed by atoms with Crippen molar-refractivity contribution in [1.29, 1.82) is 0 Å². The fourth-order valence-corrected chi connectivity index (χ4v) is 1.98. The number of benzene rings is 1. The average Bonchev–Trinajstić information content (AvgIpc) is 2.27. The van der Waals surface area contributed by atoms with E-state index < -0.39 is 10.0 Å². The van der Waals surface area contributed by atoms with Gasteiger partial charge in [-0.15, -0.1) is 0 Å². The molecule has 0 bridgehead atoms. The van der Waals surface area contributed by atoms with E-state index in [0.29, 0.717) is 11.3 Å². The Balaban J connectivity index is 2.78. The third-order valence-electron chi connectivity index (χ3n) is 2.35. The number of hydrogen-bond acceptors (Lipinski definition) is 4. The molecule has 0 aliphatic rings. The molecule has 6 nitrogen and oxygen atoms in total. The minimum absolute atomic E-state index is 0.0152. The highest BCUT2D eigenvalue weighted by molar-refractivity contribution is 7.89. The number of nitrogens with two attached hydrogens (primary N) is 1. The van der Waals surface area contributed by atoms with Crippen LogP contribution in [0.25, 0.3) is 0 Å². The van der Waals surface area contributed by atoms with E-state index in [1.54, 1.807) is 6.92 Å². The lowest BCUT2D eigenvalue weighted by atomic mass is 10.2. The minimum atomic E-state index is -3.73. The summed E-state index contributed by atoms with van der Waals surface area (Å²) >= 11 is 0. The monoisotopic (exact) mass is 286 g/mol. The smallest absolute Gasteiger partial charge is 0.250 e. The molecule has 1 aromatic carbocycles. The summed E-state index contributed by atoms with van der Waals surface area (Å²) in [5.41, 5.74) is 1.15. The zero-order chi connectivity index (χ0) is 14.6. The van der Waals surface area contributed by atoms with E-state index in [-0.39, 0.29) is 23.5 Å². The Labute approximate surface area is 113 Å². The molecule has 0 fully saturated rings. The van der Waals surface area contributed by atoms with Gasteiger partial charge < -0.3 is 10.1 Å². The molecule has 0 aliphatic heterocycles. The molecule has 0 saturated carbocycles. The Bertz CT molecular complexity index is 567. The second kappa shape index (κ2) is 6.14. The van der Waals surface area contributed by atoms with Gasteiger partial charge >= 0.3 is 0 Å². The summed E-state index contributed by atoms with van der Waals surface area (Å²) in [7, 11) is -3.73. The number of amides is 1. The van der Waals surface area contributed by atoms with Gasteiger partial charge in [-0.3, -0.25) is 4.79 Å². The summed E-state index contributed by atoms with van der Waals surface area (Å²) < 4.78 is 27.5. The van der Waals surface area contributed by atoms with Gasteiger partial charge in [-0.2, -0.15) is 0 Å². The van der Waals surface area contributed by atoms with Crippen molar-refractivity contribution in [2.75, 3.05) is 11.9 Å². The summed E-state index contributed by atoms with van der Waals surface area (Å²) in [4.78, 5) is 11.6. The molecular formula is C12H18N2O4S. The van der Waals surface area contributed by atoms with Gasteiger partial charge in [0.2, 0.25) is 15.9 Å².